The van der Waals surface area contributed by atoms with Crippen LogP contribution in [0.3, 0.4) is 0 Å². The molecule has 0 amide bonds. The van der Waals surface area contributed by atoms with Gasteiger partial charge in [0.2, 0.25) is 0 Å². The van der Waals surface area contributed by atoms with E-state index in [1.165, 1.54) is 14.2 Å². The van der Waals surface area contributed by atoms with Gasteiger partial charge in [0.25, 0.3) is 0 Å². The number of hydrogen-bond donors (Lipinski definition) is 2. The number of nitrogens with one attached hydrogen (secondary N) is 1. The van der Waals surface area contributed by atoms with Crippen molar-refractivity contribution >= 4 is 27.3 Å². The van der Waals surface area contributed by atoms with Gasteiger partial charge in [-0.1, -0.05) is 13.8 Å². The van der Waals surface area contributed by atoms with Crippen molar-refractivity contribution in [2.75, 3.05) is 6.61 Å². The highest BCUT2D eigenvalue weighted by Crippen LogP contribution is 2.27. The van der Waals surface area contributed by atoms with E-state index in [-0.39, 0.29) is 12.6 Å². The molecule has 0 fully saturated rings. The fourth-order valence-electron chi connectivity index (χ4n) is 1.65. The van der Waals surface area contributed by atoms with Gasteiger partial charge in [-0.25, -0.2) is 0 Å². The second-order valence-electron chi connectivity index (χ2n) is 4.56. The van der Waals surface area contributed by atoms with E-state index in [0.717, 1.165) is 13.0 Å². The van der Waals surface area contributed by atoms with Gasteiger partial charge in [-0.2, -0.15) is 0 Å². The third kappa shape index (κ3) is 4.53. The Balaban J connectivity index is 2.43. The molecule has 16 heavy (non-hydrogen) atoms. The number of aryl methyl sites for hydroxylation is 1. The summed E-state index contributed by atoms with van der Waals surface area (Å²) < 4.78 is 1.20. The normalized spacial score (nSPS) is 13.4. The molecular weight excluding hydrogens is 286 g/mol. The first-order chi connectivity index (χ1) is 7.52. The fraction of sp³-hybridized carbons (Fsp3) is 0.667. The Labute approximate surface area is 110 Å². The number of aliphatic hydroxyl groups is 1. The lowest BCUT2D eigenvalue weighted by molar-refractivity contribution is 0.224. The molecule has 2 nitrogen and oxygen atoms in total. The molecule has 0 aromatic carbocycles. The van der Waals surface area contributed by atoms with Crippen LogP contribution < -0.4 is 5.32 Å². The maximum atomic E-state index is 9.24. The summed E-state index contributed by atoms with van der Waals surface area (Å²) in [5, 5.41) is 12.6. The zero-order chi connectivity index (χ0) is 12.1. The molecule has 1 rings (SSSR count). The van der Waals surface area contributed by atoms with Crippen LogP contribution in [0, 0.1) is 12.8 Å². The second-order valence-corrected chi connectivity index (χ2v) is 7.01. The first kappa shape index (κ1) is 14.2. The topological polar surface area (TPSA) is 32.3 Å². The average Bonchev–Trinajstić information content (AvgIpc) is 2.53. The fourth-order valence-corrected chi connectivity index (χ4v) is 3.23. The van der Waals surface area contributed by atoms with E-state index in [9.17, 15) is 5.11 Å². The van der Waals surface area contributed by atoms with Crippen LogP contribution >= 0.6 is 27.3 Å². The minimum absolute atomic E-state index is 0.209. The van der Waals surface area contributed by atoms with E-state index >= 15 is 0 Å². The summed E-state index contributed by atoms with van der Waals surface area (Å²) in [5.74, 6) is 0.612. The summed E-state index contributed by atoms with van der Waals surface area (Å²) in [6, 6.07) is 2.40. The van der Waals surface area contributed by atoms with E-state index in [0.29, 0.717) is 5.92 Å². The van der Waals surface area contributed by atoms with Gasteiger partial charge in [0.15, 0.2) is 0 Å². The molecule has 0 aliphatic carbocycles. The molecule has 2 N–H and O–H groups in total. The number of hydrogen-bond acceptors (Lipinski definition) is 3. The van der Waals surface area contributed by atoms with E-state index in [1.807, 2.05) is 0 Å². The van der Waals surface area contributed by atoms with Crippen molar-refractivity contribution in [3.05, 3.63) is 20.3 Å². The van der Waals surface area contributed by atoms with Crippen LogP contribution in [0.4, 0.5) is 0 Å². The van der Waals surface area contributed by atoms with Crippen molar-refractivity contribution in [2.45, 2.75) is 39.8 Å². The zero-order valence-corrected chi connectivity index (χ0v) is 12.5. The second kappa shape index (κ2) is 6.74. The smallest absolute Gasteiger partial charge is 0.0730 e. The Hall–Kier alpha value is 0.100. The van der Waals surface area contributed by atoms with E-state index in [2.05, 4.69) is 48.1 Å². The highest BCUT2D eigenvalue weighted by molar-refractivity contribution is 9.11. The molecule has 0 aliphatic heterocycles. The molecule has 1 aromatic heterocycles. The molecule has 1 unspecified atom stereocenters. The first-order valence-corrected chi connectivity index (χ1v) is 7.23. The van der Waals surface area contributed by atoms with Crippen molar-refractivity contribution in [1.29, 1.82) is 0 Å². The van der Waals surface area contributed by atoms with Gasteiger partial charge in [-0.05, 0) is 46.8 Å². The molecule has 0 radical (unpaired) electrons. The monoisotopic (exact) mass is 305 g/mol. The molecule has 1 heterocycles. The Morgan fingerprint density at radius 1 is 1.50 bits per heavy atom. The van der Waals surface area contributed by atoms with Crippen LogP contribution in [-0.2, 0) is 6.54 Å². The van der Waals surface area contributed by atoms with Gasteiger partial charge in [0.05, 0.1) is 10.4 Å². The molecule has 92 valence electrons. The van der Waals surface area contributed by atoms with Crippen LogP contribution in [0.2, 0.25) is 0 Å². The summed E-state index contributed by atoms with van der Waals surface area (Å²) in [4.78, 5) is 1.31. The number of thiophene rings is 1. The Kier molecular flexibility index (Phi) is 5.97. The number of aliphatic hydroxyl groups excluding tert-OH is 1. The molecule has 4 heteroatoms. The highest BCUT2D eigenvalue weighted by atomic mass is 79.9. The molecule has 0 saturated carbocycles. The van der Waals surface area contributed by atoms with E-state index in [1.54, 1.807) is 11.3 Å². The minimum atomic E-state index is 0.209. The van der Waals surface area contributed by atoms with Crippen LogP contribution in [0.5, 0.6) is 0 Å². The van der Waals surface area contributed by atoms with Crippen LogP contribution in [0.15, 0.2) is 9.85 Å². The minimum Gasteiger partial charge on any atom is -0.395 e. The van der Waals surface area contributed by atoms with Crippen LogP contribution in [0.25, 0.3) is 0 Å². The molecule has 0 bridgehead atoms. The summed E-state index contributed by atoms with van der Waals surface area (Å²) in [5.41, 5.74) is 1.28. The third-order valence-corrected chi connectivity index (χ3v) is 4.59. The number of halogens is 1. The SMILES string of the molecule is Cc1cc(CNC(CO)CC(C)C)sc1Br. The summed E-state index contributed by atoms with van der Waals surface area (Å²) in [6.45, 7) is 7.51. The maximum absolute atomic E-state index is 9.24. The predicted molar refractivity (Wildman–Crippen MR) is 73.9 cm³/mol. The molecule has 0 saturated heterocycles. The Morgan fingerprint density at radius 2 is 2.19 bits per heavy atom. The molecule has 1 atom stereocenters. The van der Waals surface area contributed by atoms with Crippen LogP contribution in [0.1, 0.15) is 30.7 Å². The highest BCUT2D eigenvalue weighted by Gasteiger charge is 2.10. The first-order valence-electron chi connectivity index (χ1n) is 5.62. The lowest BCUT2D eigenvalue weighted by Gasteiger charge is -2.17. The average molecular weight is 306 g/mol. The zero-order valence-electron chi connectivity index (χ0n) is 10.1. The van der Waals surface area contributed by atoms with Crippen molar-refractivity contribution in [1.82, 2.24) is 5.32 Å². The maximum Gasteiger partial charge on any atom is 0.0730 e. The summed E-state index contributed by atoms with van der Waals surface area (Å²) >= 11 is 5.28. The Bertz CT molecular complexity index is 305. The molecule has 0 aliphatic rings. The molecule has 1 aromatic rings. The number of rotatable bonds is 6. The van der Waals surface area contributed by atoms with E-state index < -0.39 is 0 Å². The van der Waals surface area contributed by atoms with Crippen molar-refractivity contribution in [2.24, 2.45) is 5.92 Å². The van der Waals surface area contributed by atoms with Crippen molar-refractivity contribution in [3.63, 3.8) is 0 Å². The van der Waals surface area contributed by atoms with Crippen molar-refractivity contribution in [3.8, 4) is 0 Å². The predicted octanol–water partition coefficient (Wildman–Crippen LogP) is 3.32. The van der Waals surface area contributed by atoms with Gasteiger partial charge >= 0.3 is 0 Å². The van der Waals surface area contributed by atoms with Gasteiger partial charge in [-0.3, -0.25) is 0 Å². The molecular formula is C12H20BrNOS. The van der Waals surface area contributed by atoms with Gasteiger partial charge in [0, 0.05) is 17.5 Å². The van der Waals surface area contributed by atoms with E-state index in [4.69, 9.17) is 0 Å². The lowest BCUT2D eigenvalue weighted by atomic mass is 10.0. The third-order valence-electron chi connectivity index (χ3n) is 2.45. The summed E-state index contributed by atoms with van der Waals surface area (Å²) in [7, 11) is 0. The summed E-state index contributed by atoms with van der Waals surface area (Å²) in [6.07, 6.45) is 1.02. The van der Waals surface area contributed by atoms with Crippen LogP contribution in [-0.4, -0.2) is 17.8 Å². The largest absolute Gasteiger partial charge is 0.395 e. The van der Waals surface area contributed by atoms with Gasteiger partial charge < -0.3 is 10.4 Å². The lowest BCUT2D eigenvalue weighted by Crippen LogP contribution is -2.32. The standard InChI is InChI=1S/C12H20BrNOS/c1-8(2)4-10(7-15)14-6-11-5-9(3)12(13)16-11/h5,8,10,14-15H,4,6-7H2,1-3H3. The van der Waals surface area contributed by atoms with Gasteiger partial charge in [-0.15, -0.1) is 11.3 Å². The van der Waals surface area contributed by atoms with Crippen molar-refractivity contribution < 1.29 is 5.11 Å². The molecule has 0 spiro atoms. The van der Waals surface area contributed by atoms with Gasteiger partial charge in [0.1, 0.15) is 0 Å². The quantitative estimate of drug-likeness (QED) is 0.845. The Morgan fingerprint density at radius 3 is 2.62 bits per heavy atom.